The third-order valence-corrected chi connectivity index (χ3v) is 5.18. The van der Waals surface area contributed by atoms with Gasteiger partial charge >= 0.3 is 0 Å². The third kappa shape index (κ3) is 4.54. The average molecular weight is 315 g/mol. The molecule has 1 unspecified atom stereocenters. The van der Waals surface area contributed by atoms with E-state index in [2.05, 4.69) is 14.9 Å². The highest BCUT2D eigenvalue weighted by Gasteiger charge is 2.23. The molecule has 0 saturated carbocycles. The predicted octanol–water partition coefficient (Wildman–Crippen LogP) is 1.15. The Hall–Kier alpha value is -0.890. The molecule has 0 bridgehead atoms. The fourth-order valence-corrected chi connectivity index (χ4v) is 3.54. The van der Waals surface area contributed by atoms with E-state index < -0.39 is 10.0 Å². The van der Waals surface area contributed by atoms with Crippen molar-refractivity contribution in [1.82, 2.24) is 14.9 Å². The second kappa shape index (κ2) is 7.40. The van der Waals surface area contributed by atoms with Crippen molar-refractivity contribution < 1.29 is 12.8 Å². The van der Waals surface area contributed by atoms with Crippen LogP contribution in [0.1, 0.15) is 31.9 Å². The highest BCUT2D eigenvalue weighted by Crippen LogP contribution is 2.17. The summed E-state index contributed by atoms with van der Waals surface area (Å²) < 4.78 is 32.5. The van der Waals surface area contributed by atoms with Gasteiger partial charge in [0.1, 0.15) is 5.76 Å². The van der Waals surface area contributed by atoms with E-state index in [0.717, 1.165) is 25.9 Å². The van der Waals surface area contributed by atoms with Crippen molar-refractivity contribution in [2.45, 2.75) is 43.9 Å². The van der Waals surface area contributed by atoms with Gasteiger partial charge in [0.05, 0.1) is 6.54 Å². The molecular formula is C14H25N3O3S. The van der Waals surface area contributed by atoms with Crippen molar-refractivity contribution in [1.29, 1.82) is 0 Å². The van der Waals surface area contributed by atoms with Crippen molar-refractivity contribution in [2.24, 2.45) is 0 Å². The summed E-state index contributed by atoms with van der Waals surface area (Å²) in [7, 11) is -1.52. The largest absolute Gasteiger partial charge is 0.447 e. The second-order valence-corrected chi connectivity index (χ2v) is 7.18. The standard InChI is InChI=1S/C14H25N3O3S/c1-3-15-11-13-7-8-14(20-13)21(18,19)16-10-12-6-4-5-9-17(12)2/h7-8,12,15-16H,3-6,9-11H2,1-2H3. The van der Waals surface area contributed by atoms with Crippen molar-refractivity contribution in [3.05, 3.63) is 17.9 Å². The van der Waals surface area contributed by atoms with E-state index in [1.807, 2.05) is 14.0 Å². The van der Waals surface area contributed by atoms with E-state index in [4.69, 9.17) is 4.42 Å². The maximum Gasteiger partial charge on any atom is 0.274 e. The lowest BCUT2D eigenvalue weighted by Crippen LogP contribution is -2.44. The van der Waals surface area contributed by atoms with E-state index in [1.54, 1.807) is 6.07 Å². The Morgan fingerprint density at radius 1 is 1.38 bits per heavy atom. The summed E-state index contributed by atoms with van der Waals surface area (Å²) in [5.74, 6) is 0.631. The maximum atomic E-state index is 12.2. The van der Waals surface area contributed by atoms with Gasteiger partial charge in [0.2, 0.25) is 5.09 Å². The minimum Gasteiger partial charge on any atom is -0.447 e. The molecule has 21 heavy (non-hydrogen) atoms. The summed E-state index contributed by atoms with van der Waals surface area (Å²) in [5, 5.41) is 3.10. The fraction of sp³-hybridized carbons (Fsp3) is 0.714. The van der Waals surface area contributed by atoms with Crippen molar-refractivity contribution in [3.8, 4) is 0 Å². The van der Waals surface area contributed by atoms with Crippen molar-refractivity contribution in [3.63, 3.8) is 0 Å². The van der Waals surface area contributed by atoms with Crippen LogP contribution in [-0.2, 0) is 16.6 Å². The number of rotatable bonds is 7. The average Bonchev–Trinajstić information content (AvgIpc) is 2.94. The van der Waals surface area contributed by atoms with Gasteiger partial charge in [0.15, 0.2) is 0 Å². The highest BCUT2D eigenvalue weighted by atomic mass is 32.2. The summed E-state index contributed by atoms with van der Waals surface area (Å²) in [6.07, 6.45) is 3.37. The zero-order valence-corrected chi connectivity index (χ0v) is 13.6. The molecule has 0 radical (unpaired) electrons. The van der Waals surface area contributed by atoms with E-state index in [9.17, 15) is 8.42 Å². The van der Waals surface area contributed by atoms with Crippen LogP contribution in [-0.4, -0.2) is 46.0 Å². The molecule has 120 valence electrons. The number of likely N-dealkylation sites (tertiary alicyclic amines) is 1. The first kappa shape index (κ1) is 16.5. The summed E-state index contributed by atoms with van der Waals surface area (Å²) in [6, 6.07) is 3.48. The van der Waals surface area contributed by atoms with E-state index in [0.29, 0.717) is 18.8 Å². The van der Waals surface area contributed by atoms with Gasteiger partial charge in [-0.1, -0.05) is 13.3 Å². The number of hydrogen-bond acceptors (Lipinski definition) is 5. The minimum atomic E-state index is -3.56. The zero-order valence-electron chi connectivity index (χ0n) is 12.8. The Bertz CT molecular complexity index is 541. The van der Waals surface area contributed by atoms with Gasteiger partial charge < -0.3 is 14.6 Å². The molecule has 7 heteroatoms. The molecule has 0 aliphatic carbocycles. The first-order chi connectivity index (χ1) is 10.0. The molecule has 2 rings (SSSR count). The molecule has 1 fully saturated rings. The summed E-state index contributed by atoms with van der Waals surface area (Å²) >= 11 is 0. The fourth-order valence-electron chi connectivity index (χ4n) is 2.52. The lowest BCUT2D eigenvalue weighted by atomic mass is 10.0. The molecule has 6 nitrogen and oxygen atoms in total. The predicted molar refractivity (Wildman–Crippen MR) is 81.5 cm³/mol. The molecule has 1 aliphatic rings. The van der Waals surface area contributed by atoms with Gasteiger partial charge in [-0.25, -0.2) is 13.1 Å². The molecule has 0 spiro atoms. The van der Waals surface area contributed by atoms with Crippen LogP contribution in [0.4, 0.5) is 0 Å². The second-order valence-electron chi connectivity index (χ2n) is 5.48. The number of hydrogen-bond donors (Lipinski definition) is 2. The number of furan rings is 1. The van der Waals surface area contributed by atoms with Crippen molar-refractivity contribution >= 4 is 10.0 Å². The SMILES string of the molecule is CCNCc1ccc(S(=O)(=O)NCC2CCCCN2C)o1. The van der Waals surface area contributed by atoms with Crippen LogP contribution in [0.2, 0.25) is 0 Å². The van der Waals surface area contributed by atoms with Crippen LogP contribution < -0.4 is 10.0 Å². The number of sulfonamides is 1. The maximum absolute atomic E-state index is 12.2. The van der Waals surface area contributed by atoms with Crippen LogP contribution in [0.15, 0.2) is 21.6 Å². The first-order valence-electron chi connectivity index (χ1n) is 7.52. The zero-order chi connectivity index (χ0) is 15.3. The molecule has 0 aromatic carbocycles. The Balaban J connectivity index is 1.93. The normalized spacial score (nSPS) is 20.8. The first-order valence-corrected chi connectivity index (χ1v) is 9.00. The summed E-state index contributed by atoms with van der Waals surface area (Å²) in [4.78, 5) is 2.21. The van der Waals surface area contributed by atoms with Gasteiger partial charge in [0, 0.05) is 12.6 Å². The smallest absolute Gasteiger partial charge is 0.274 e. The topological polar surface area (TPSA) is 74.6 Å². The third-order valence-electron chi connectivity index (χ3n) is 3.88. The molecule has 0 amide bonds. The van der Waals surface area contributed by atoms with E-state index >= 15 is 0 Å². The quantitative estimate of drug-likeness (QED) is 0.789. The number of likely N-dealkylation sites (N-methyl/N-ethyl adjacent to an activating group) is 1. The van der Waals surface area contributed by atoms with Crippen LogP contribution >= 0.6 is 0 Å². The van der Waals surface area contributed by atoms with Gasteiger partial charge in [-0.3, -0.25) is 0 Å². The number of nitrogens with zero attached hydrogens (tertiary/aromatic N) is 1. The molecule has 1 aromatic rings. The lowest BCUT2D eigenvalue weighted by molar-refractivity contribution is 0.187. The van der Waals surface area contributed by atoms with Crippen LogP contribution in [0.5, 0.6) is 0 Å². The summed E-state index contributed by atoms with van der Waals surface area (Å²) in [5.41, 5.74) is 0. The lowest BCUT2D eigenvalue weighted by Gasteiger charge is -2.32. The number of piperidine rings is 1. The van der Waals surface area contributed by atoms with Gasteiger partial charge in [0.25, 0.3) is 10.0 Å². The van der Waals surface area contributed by atoms with Crippen LogP contribution in [0.3, 0.4) is 0 Å². The molecular weight excluding hydrogens is 290 g/mol. The number of nitrogens with one attached hydrogen (secondary N) is 2. The van der Waals surface area contributed by atoms with Gasteiger partial charge in [-0.2, -0.15) is 0 Å². The highest BCUT2D eigenvalue weighted by molar-refractivity contribution is 7.89. The minimum absolute atomic E-state index is 0.00568. The Morgan fingerprint density at radius 3 is 2.90 bits per heavy atom. The molecule has 1 saturated heterocycles. The molecule has 1 aromatic heterocycles. The molecule has 1 atom stereocenters. The van der Waals surface area contributed by atoms with Gasteiger partial charge in [-0.05, 0) is 45.1 Å². The Kier molecular flexibility index (Phi) is 5.80. The monoisotopic (exact) mass is 315 g/mol. The van der Waals surface area contributed by atoms with E-state index in [-0.39, 0.29) is 11.1 Å². The Morgan fingerprint density at radius 2 is 2.19 bits per heavy atom. The molecule has 2 N–H and O–H groups in total. The Labute approximate surface area is 126 Å². The van der Waals surface area contributed by atoms with Crippen LogP contribution in [0, 0.1) is 0 Å². The molecule has 1 aliphatic heterocycles. The molecule has 2 heterocycles. The van der Waals surface area contributed by atoms with E-state index in [1.165, 1.54) is 12.5 Å². The summed E-state index contributed by atoms with van der Waals surface area (Å²) in [6.45, 7) is 4.80. The van der Waals surface area contributed by atoms with Crippen LogP contribution in [0.25, 0.3) is 0 Å². The van der Waals surface area contributed by atoms with Gasteiger partial charge in [-0.15, -0.1) is 0 Å². The van der Waals surface area contributed by atoms with Crippen molar-refractivity contribution in [2.75, 3.05) is 26.7 Å².